The van der Waals surface area contributed by atoms with E-state index in [1.807, 2.05) is 6.07 Å². The van der Waals surface area contributed by atoms with Gasteiger partial charge in [0.05, 0.1) is 12.6 Å². The summed E-state index contributed by atoms with van der Waals surface area (Å²) < 4.78 is 12.0. The first-order chi connectivity index (χ1) is 7.65. The van der Waals surface area contributed by atoms with Crippen molar-refractivity contribution in [2.75, 3.05) is 6.67 Å². The van der Waals surface area contributed by atoms with E-state index in [0.29, 0.717) is 17.9 Å². The molecule has 16 heavy (non-hydrogen) atoms. The molecule has 2 nitrogen and oxygen atoms in total. The molecule has 0 saturated carbocycles. The van der Waals surface area contributed by atoms with E-state index >= 15 is 0 Å². The summed E-state index contributed by atoms with van der Waals surface area (Å²) in [6.45, 7) is -0.480. The van der Waals surface area contributed by atoms with Crippen molar-refractivity contribution in [1.29, 1.82) is 0 Å². The minimum atomic E-state index is -0.895. The molecular formula is C12H14ClFO2. The molecule has 1 unspecified atom stereocenters. The van der Waals surface area contributed by atoms with E-state index in [2.05, 4.69) is 0 Å². The molecule has 0 saturated heterocycles. The second-order valence-corrected chi connectivity index (χ2v) is 4.07. The summed E-state index contributed by atoms with van der Waals surface area (Å²) in [5, 5.41) is 9.55. The van der Waals surface area contributed by atoms with Crippen molar-refractivity contribution in [2.45, 2.75) is 19.3 Å². The zero-order chi connectivity index (χ0) is 12.0. The fraction of sp³-hybridized carbons (Fsp3) is 0.417. The van der Waals surface area contributed by atoms with Crippen molar-refractivity contribution in [3.8, 4) is 0 Å². The lowest BCUT2D eigenvalue weighted by Crippen LogP contribution is -2.16. The lowest BCUT2D eigenvalue weighted by Gasteiger charge is -2.12. The molecule has 1 aromatic carbocycles. The van der Waals surface area contributed by atoms with Crippen LogP contribution in [0, 0.1) is 5.92 Å². The molecule has 0 aliphatic heterocycles. The Kier molecular flexibility index (Phi) is 5.26. The highest BCUT2D eigenvalue weighted by molar-refractivity contribution is 6.31. The molecule has 0 amide bonds. The van der Waals surface area contributed by atoms with Crippen LogP contribution in [-0.4, -0.2) is 17.8 Å². The summed E-state index contributed by atoms with van der Waals surface area (Å²) in [4.78, 5) is 11.0. The van der Waals surface area contributed by atoms with Crippen LogP contribution in [0.15, 0.2) is 24.3 Å². The molecule has 0 heterocycles. The summed E-state index contributed by atoms with van der Waals surface area (Å²) in [6, 6.07) is 7.14. The number of aliphatic carboxylic acids is 1. The second-order valence-electron chi connectivity index (χ2n) is 3.66. The maximum atomic E-state index is 12.0. The zero-order valence-corrected chi connectivity index (χ0v) is 9.58. The molecule has 4 heteroatoms. The Balaban J connectivity index is 2.68. The van der Waals surface area contributed by atoms with Gasteiger partial charge in [-0.15, -0.1) is 0 Å². The second kappa shape index (κ2) is 6.48. The van der Waals surface area contributed by atoms with Crippen LogP contribution < -0.4 is 0 Å². The van der Waals surface area contributed by atoms with Crippen LogP contribution in [0.1, 0.15) is 18.4 Å². The highest BCUT2D eigenvalue weighted by atomic mass is 35.5. The highest BCUT2D eigenvalue weighted by Gasteiger charge is 2.18. The Bertz CT molecular complexity index is 355. The maximum Gasteiger partial charge on any atom is 0.306 e. The van der Waals surface area contributed by atoms with Gasteiger partial charge in [0.25, 0.3) is 0 Å². The number of carboxylic acid groups (broad SMARTS) is 1. The predicted molar refractivity (Wildman–Crippen MR) is 61.5 cm³/mol. The van der Waals surface area contributed by atoms with Gasteiger partial charge in [0.2, 0.25) is 0 Å². The van der Waals surface area contributed by atoms with E-state index in [1.165, 1.54) is 0 Å². The molecular weight excluding hydrogens is 231 g/mol. The number of carboxylic acids is 1. The van der Waals surface area contributed by atoms with Gasteiger partial charge in [-0.3, -0.25) is 9.18 Å². The highest BCUT2D eigenvalue weighted by Crippen LogP contribution is 2.21. The lowest BCUT2D eigenvalue weighted by molar-refractivity contribution is -0.142. The Morgan fingerprint density at radius 1 is 1.44 bits per heavy atom. The molecule has 1 aromatic rings. The van der Waals surface area contributed by atoms with Gasteiger partial charge >= 0.3 is 5.97 Å². The first kappa shape index (κ1) is 13.0. The third-order valence-electron chi connectivity index (χ3n) is 2.46. The number of alkyl halides is 1. The predicted octanol–water partition coefficient (Wildman–Crippen LogP) is 3.33. The van der Waals surface area contributed by atoms with Crippen LogP contribution in [0.4, 0.5) is 4.39 Å². The number of rotatable bonds is 6. The van der Waals surface area contributed by atoms with E-state index in [4.69, 9.17) is 16.7 Å². The van der Waals surface area contributed by atoms with Gasteiger partial charge in [-0.25, -0.2) is 0 Å². The van der Waals surface area contributed by atoms with Gasteiger partial charge in [0.1, 0.15) is 0 Å². The van der Waals surface area contributed by atoms with Gasteiger partial charge < -0.3 is 5.11 Å². The summed E-state index contributed by atoms with van der Waals surface area (Å²) in [5.74, 6) is -1.45. The van der Waals surface area contributed by atoms with Gasteiger partial charge in [-0.2, -0.15) is 0 Å². The third kappa shape index (κ3) is 3.81. The monoisotopic (exact) mass is 244 g/mol. The van der Waals surface area contributed by atoms with Gasteiger partial charge in [0, 0.05) is 5.02 Å². The van der Waals surface area contributed by atoms with E-state index in [9.17, 15) is 9.18 Å². The van der Waals surface area contributed by atoms with Crippen LogP contribution in [-0.2, 0) is 11.2 Å². The molecule has 0 fully saturated rings. The van der Waals surface area contributed by atoms with Crippen molar-refractivity contribution < 1.29 is 14.3 Å². The Morgan fingerprint density at radius 3 is 2.69 bits per heavy atom. The maximum absolute atomic E-state index is 12.0. The SMILES string of the molecule is O=C(O)C(CCCF)Cc1ccccc1Cl. The van der Waals surface area contributed by atoms with Gasteiger partial charge in [-0.05, 0) is 30.9 Å². The van der Waals surface area contributed by atoms with Crippen LogP contribution in [0.5, 0.6) is 0 Å². The van der Waals surface area contributed by atoms with Gasteiger partial charge in [-0.1, -0.05) is 29.8 Å². The van der Waals surface area contributed by atoms with E-state index < -0.39 is 18.6 Å². The Labute approximate surface area is 99.0 Å². The summed E-state index contributed by atoms with van der Waals surface area (Å²) in [6.07, 6.45) is 0.980. The zero-order valence-electron chi connectivity index (χ0n) is 8.83. The first-order valence-corrected chi connectivity index (χ1v) is 5.55. The van der Waals surface area contributed by atoms with Crippen molar-refractivity contribution in [2.24, 2.45) is 5.92 Å². The standard InChI is InChI=1S/C12H14ClFO2/c13-11-6-2-1-4-9(11)8-10(12(15)16)5-3-7-14/h1-2,4,6,10H,3,5,7-8H2,(H,15,16). The minimum Gasteiger partial charge on any atom is -0.481 e. The number of benzene rings is 1. The van der Waals surface area contributed by atoms with Crippen LogP contribution in [0.3, 0.4) is 0 Å². The summed E-state index contributed by atoms with van der Waals surface area (Å²) in [7, 11) is 0. The summed E-state index contributed by atoms with van der Waals surface area (Å²) >= 11 is 5.94. The number of carbonyl (C=O) groups is 1. The summed E-state index contributed by atoms with van der Waals surface area (Å²) in [5.41, 5.74) is 0.801. The van der Waals surface area contributed by atoms with Crippen LogP contribution in [0.25, 0.3) is 0 Å². The van der Waals surface area contributed by atoms with Crippen molar-refractivity contribution in [3.05, 3.63) is 34.9 Å². The van der Waals surface area contributed by atoms with Crippen molar-refractivity contribution in [1.82, 2.24) is 0 Å². The lowest BCUT2D eigenvalue weighted by atomic mass is 9.95. The fourth-order valence-corrected chi connectivity index (χ4v) is 1.78. The molecule has 1 rings (SSSR count). The molecule has 0 aliphatic carbocycles. The van der Waals surface area contributed by atoms with E-state index in [-0.39, 0.29) is 6.42 Å². The molecule has 0 radical (unpaired) electrons. The van der Waals surface area contributed by atoms with Gasteiger partial charge in [0.15, 0.2) is 0 Å². The van der Waals surface area contributed by atoms with E-state index in [0.717, 1.165) is 5.56 Å². The largest absolute Gasteiger partial charge is 0.481 e. The molecule has 0 aliphatic rings. The van der Waals surface area contributed by atoms with Crippen LogP contribution >= 0.6 is 11.6 Å². The van der Waals surface area contributed by atoms with E-state index in [1.54, 1.807) is 18.2 Å². The van der Waals surface area contributed by atoms with Crippen LogP contribution in [0.2, 0.25) is 5.02 Å². The average Bonchev–Trinajstić information content (AvgIpc) is 2.26. The number of hydrogen-bond acceptors (Lipinski definition) is 1. The third-order valence-corrected chi connectivity index (χ3v) is 2.83. The molecule has 1 atom stereocenters. The number of halogens is 2. The van der Waals surface area contributed by atoms with Crippen molar-refractivity contribution in [3.63, 3.8) is 0 Å². The molecule has 0 bridgehead atoms. The molecule has 1 N–H and O–H groups in total. The minimum absolute atomic E-state index is 0.279. The topological polar surface area (TPSA) is 37.3 Å². The number of hydrogen-bond donors (Lipinski definition) is 1. The molecule has 88 valence electrons. The molecule has 0 aromatic heterocycles. The fourth-order valence-electron chi connectivity index (χ4n) is 1.57. The smallest absolute Gasteiger partial charge is 0.306 e. The quantitative estimate of drug-likeness (QED) is 0.833. The van der Waals surface area contributed by atoms with Crippen molar-refractivity contribution >= 4 is 17.6 Å². The average molecular weight is 245 g/mol. The Hall–Kier alpha value is -1.09. The normalized spacial score (nSPS) is 12.4. The first-order valence-electron chi connectivity index (χ1n) is 5.17. The Morgan fingerprint density at radius 2 is 2.12 bits per heavy atom. The molecule has 0 spiro atoms.